The van der Waals surface area contributed by atoms with Crippen molar-refractivity contribution in [3.63, 3.8) is 0 Å². The standard InChI is InChI=1S/C6H12O3/c1-3-5(7)4(2)6(8)9/h4-5,7H,3H2,1-2H3,(H,8,9)/p-1. The molecule has 0 rings (SSSR count). The zero-order valence-electron chi connectivity index (χ0n) is 5.63. The van der Waals surface area contributed by atoms with E-state index in [4.69, 9.17) is 5.11 Å². The number of hydrogen-bond acceptors (Lipinski definition) is 3. The van der Waals surface area contributed by atoms with Gasteiger partial charge in [0.2, 0.25) is 0 Å². The van der Waals surface area contributed by atoms with Gasteiger partial charge in [-0.1, -0.05) is 13.8 Å². The van der Waals surface area contributed by atoms with Crippen molar-refractivity contribution in [3.8, 4) is 0 Å². The van der Waals surface area contributed by atoms with Crippen LogP contribution in [0.25, 0.3) is 0 Å². The highest BCUT2D eigenvalue weighted by atomic mass is 16.4. The van der Waals surface area contributed by atoms with Gasteiger partial charge in [0.05, 0.1) is 6.10 Å². The van der Waals surface area contributed by atoms with Gasteiger partial charge in [0.1, 0.15) is 0 Å². The first kappa shape index (κ1) is 8.43. The minimum atomic E-state index is -1.19. The third-order valence-corrected chi connectivity index (χ3v) is 1.37. The molecule has 0 bridgehead atoms. The summed E-state index contributed by atoms with van der Waals surface area (Å²) in [4.78, 5) is 10.0. The zero-order valence-corrected chi connectivity index (χ0v) is 5.63. The first-order valence-corrected chi connectivity index (χ1v) is 2.98. The molecule has 0 aliphatic heterocycles. The number of carbonyl (C=O) groups is 1. The largest absolute Gasteiger partial charge is 0.550 e. The normalized spacial score (nSPS) is 16.8. The number of aliphatic hydroxyl groups excluding tert-OH is 1. The molecule has 0 aromatic carbocycles. The molecule has 0 heterocycles. The third kappa shape index (κ3) is 2.46. The van der Waals surface area contributed by atoms with E-state index in [1.807, 2.05) is 0 Å². The Balaban J connectivity index is 3.72. The average Bonchev–Trinajstić information content (AvgIpc) is 1.84. The van der Waals surface area contributed by atoms with Gasteiger partial charge in [-0.15, -0.1) is 0 Å². The summed E-state index contributed by atoms with van der Waals surface area (Å²) in [6, 6.07) is 0. The molecule has 0 aromatic rings. The Morgan fingerprint density at radius 2 is 2.22 bits per heavy atom. The second kappa shape index (κ2) is 3.45. The molecular weight excluding hydrogens is 120 g/mol. The SMILES string of the molecule is CCC(O)C(C)C(=O)[O-]. The molecule has 0 aliphatic rings. The molecular formula is C6H11O3-. The molecule has 0 saturated carbocycles. The van der Waals surface area contributed by atoms with Gasteiger partial charge in [-0.25, -0.2) is 0 Å². The van der Waals surface area contributed by atoms with Crippen LogP contribution < -0.4 is 5.11 Å². The van der Waals surface area contributed by atoms with Crippen molar-refractivity contribution in [3.05, 3.63) is 0 Å². The molecule has 0 spiro atoms. The molecule has 0 radical (unpaired) electrons. The molecule has 2 atom stereocenters. The van der Waals surface area contributed by atoms with Gasteiger partial charge in [-0.3, -0.25) is 0 Å². The summed E-state index contributed by atoms with van der Waals surface area (Å²) in [6.07, 6.45) is -0.315. The Kier molecular flexibility index (Phi) is 3.24. The number of hydrogen-bond donors (Lipinski definition) is 1. The molecule has 3 heteroatoms. The first-order chi connectivity index (χ1) is 4.09. The van der Waals surface area contributed by atoms with E-state index in [1.54, 1.807) is 6.92 Å². The van der Waals surface area contributed by atoms with Crippen LogP contribution in [0.1, 0.15) is 20.3 Å². The highest BCUT2D eigenvalue weighted by Gasteiger charge is 2.11. The summed E-state index contributed by atoms with van der Waals surface area (Å²) in [5.74, 6) is -1.95. The summed E-state index contributed by atoms with van der Waals surface area (Å²) in [5.41, 5.74) is 0. The third-order valence-electron chi connectivity index (χ3n) is 1.37. The summed E-state index contributed by atoms with van der Waals surface area (Å²) in [5, 5.41) is 18.9. The van der Waals surface area contributed by atoms with Gasteiger partial charge in [0, 0.05) is 11.9 Å². The van der Waals surface area contributed by atoms with E-state index < -0.39 is 18.0 Å². The maximum atomic E-state index is 10.0. The Bertz CT molecular complexity index is 100. The van der Waals surface area contributed by atoms with Crippen molar-refractivity contribution in [2.45, 2.75) is 26.4 Å². The van der Waals surface area contributed by atoms with Crippen LogP contribution >= 0.6 is 0 Å². The maximum absolute atomic E-state index is 10.0. The molecule has 0 aromatic heterocycles. The summed E-state index contributed by atoms with van der Waals surface area (Å²) >= 11 is 0. The molecule has 1 N–H and O–H groups in total. The minimum Gasteiger partial charge on any atom is -0.550 e. The Hall–Kier alpha value is -0.570. The molecule has 0 amide bonds. The van der Waals surface area contributed by atoms with Crippen LogP contribution in [0.2, 0.25) is 0 Å². The number of rotatable bonds is 3. The lowest BCUT2D eigenvalue weighted by atomic mass is 10.0. The topological polar surface area (TPSA) is 60.4 Å². The van der Waals surface area contributed by atoms with Crippen LogP contribution in [-0.4, -0.2) is 17.2 Å². The highest BCUT2D eigenvalue weighted by Crippen LogP contribution is 2.03. The van der Waals surface area contributed by atoms with Crippen molar-refractivity contribution in [2.24, 2.45) is 5.92 Å². The van der Waals surface area contributed by atoms with Gasteiger partial charge in [-0.2, -0.15) is 0 Å². The highest BCUT2D eigenvalue weighted by molar-refractivity contribution is 5.67. The molecule has 9 heavy (non-hydrogen) atoms. The van der Waals surface area contributed by atoms with Crippen LogP contribution in [-0.2, 0) is 4.79 Å². The Morgan fingerprint density at radius 1 is 1.78 bits per heavy atom. The van der Waals surface area contributed by atoms with Gasteiger partial charge in [0.25, 0.3) is 0 Å². The van der Waals surface area contributed by atoms with Crippen LogP contribution in [0.4, 0.5) is 0 Å². The fraction of sp³-hybridized carbons (Fsp3) is 0.833. The number of aliphatic hydroxyl groups is 1. The van der Waals surface area contributed by atoms with E-state index in [0.717, 1.165) is 0 Å². The lowest BCUT2D eigenvalue weighted by Gasteiger charge is -2.17. The Labute approximate surface area is 54.3 Å². The Morgan fingerprint density at radius 3 is 2.33 bits per heavy atom. The average molecular weight is 131 g/mol. The van der Waals surface area contributed by atoms with Crippen molar-refractivity contribution in [1.29, 1.82) is 0 Å². The summed E-state index contributed by atoms with van der Waals surface area (Å²) in [6.45, 7) is 3.16. The van der Waals surface area contributed by atoms with Crippen LogP contribution in [0.15, 0.2) is 0 Å². The number of aliphatic carboxylic acids is 1. The molecule has 54 valence electrons. The zero-order chi connectivity index (χ0) is 7.44. The van der Waals surface area contributed by atoms with E-state index in [1.165, 1.54) is 6.92 Å². The van der Waals surface area contributed by atoms with Crippen molar-refractivity contribution in [1.82, 2.24) is 0 Å². The quantitative estimate of drug-likeness (QED) is 0.542. The minimum absolute atomic E-state index is 0.454. The lowest BCUT2D eigenvalue weighted by Crippen LogP contribution is -2.36. The second-order valence-electron chi connectivity index (χ2n) is 2.08. The van der Waals surface area contributed by atoms with Crippen molar-refractivity contribution in [2.75, 3.05) is 0 Å². The predicted molar refractivity (Wildman–Crippen MR) is 30.5 cm³/mol. The molecule has 0 saturated heterocycles. The maximum Gasteiger partial charge on any atom is 0.0615 e. The van der Waals surface area contributed by atoms with Gasteiger partial charge < -0.3 is 15.0 Å². The van der Waals surface area contributed by atoms with Crippen molar-refractivity contribution >= 4 is 5.97 Å². The first-order valence-electron chi connectivity index (χ1n) is 2.98. The van der Waals surface area contributed by atoms with E-state index in [2.05, 4.69) is 0 Å². The van der Waals surface area contributed by atoms with Crippen molar-refractivity contribution < 1.29 is 15.0 Å². The lowest BCUT2D eigenvalue weighted by molar-refractivity contribution is -0.313. The molecule has 3 nitrogen and oxygen atoms in total. The summed E-state index contributed by atoms with van der Waals surface area (Å²) in [7, 11) is 0. The van der Waals surface area contributed by atoms with Crippen LogP contribution in [0, 0.1) is 5.92 Å². The van der Waals surface area contributed by atoms with Crippen LogP contribution in [0.5, 0.6) is 0 Å². The van der Waals surface area contributed by atoms with Gasteiger partial charge >= 0.3 is 0 Å². The molecule has 0 fully saturated rings. The van der Waals surface area contributed by atoms with Crippen LogP contribution in [0.3, 0.4) is 0 Å². The van der Waals surface area contributed by atoms with E-state index in [9.17, 15) is 9.90 Å². The second-order valence-corrected chi connectivity index (χ2v) is 2.08. The fourth-order valence-electron chi connectivity index (χ4n) is 0.511. The summed E-state index contributed by atoms with van der Waals surface area (Å²) < 4.78 is 0. The van der Waals surface area contributed by atoms with Gasteiger partial charge in [-0.05, 0) is 6.42 Å². The van der Waals surface area contributed by atoms with Gasteiger partial charge in [0.15, 0.2) is 0 Å². The van der Waals surface area contributed by atoms with E-state index in [-0.39, 0.29) is 0 Å². The molecule has 0 aliphatic carbocycles. The predicted octanol–water partition coefficient (Wildman–Crippen LogP) is -0.857. The fourth-order valence-corrected chi connectivity index (χ4v) is 0.511. The van der Waals surface area contributed by atoms with E-state index >= 15 is 0 Å². The number of carbonyl (C=O) groups excluding carboxylic acids is 1. The smallest absolute Gasteiger partial charge is 0.0615 e. The van der Waals surface area contributed by atoms with E-state index in [0.29, 0.717) is 6.42 Å². The number of carboxylic acid groups (broad SMARTS) is 1. The monoisotopic (exact) mass is 131 g/mol. The molecule has 2 unspecified atom stereocenters. The number of carboxylic acids is 1.